The molecule has 118 valence electrons. The first-order valence-corrected chi connectivity index (χ1v) is 8.22. The first kappa shape index (κ1) is 17.5. The molecule has 0 radical (unpaired) electrons. The van der Waals surface area contributed by atoms with Crippen LogP contribution in [0.15, 0.2) is 0 Å². The Morgan fingerprint density at radius 1 is 1.10 bits per heavy atom. The van der Waals surface area contributed by atoms with E-state index in [1.54, 1.807) is 0 Å². The summed E-state index contributed by atoms with van der Waals surface area (Å²) in [7, 11) is 0. The topological polar surface area (TPSA) is 26.3 Å². The van der Waals surface area contributed by atoms with Crippen molar-refractivity contribution < 1.29 is 9.53 Å². The molecule has 1 rings (SSSR count). The summed E-state index contributed by atoms with van der Waals surface area (Å²) >= 11 is 0. The SMILES string of the molecule is CCC1(OC(=O)[C@@H](CC(C)(C)C)C(C)(C)C)CCCC1. The third-order valence-electron chi connectivity index (χ3n) is 4.62. The van der Waals surface area contributed by atoms with Crippen molar-refractivity contribution in [2.24, 2.45) is 16.7 Å². The van der Waals surface area contributed by atoms with Gasteiger partial charge in [0.05, 0.1) is 5.92 Å². The summed E-state index contributed by atoms with van der Waals surface area (Å²) in [6.45, 7) is 15.2. The van der Waals surface area contributed by atoms with Gasteiger partial charge in [0.25, 0.3) is 0 Å². The molecule has 20 heavy (non-hydrogen) atoms. The van der Waals surface area contributed by atoms with Crippen LogP contribution in [0, 0.1) is 16.7 Å². The molecule has 1 fully saturated rings. The summed E-state index contributed by atoms with van der Waals surface area (Å²) in [4.78, 5) is 12.8. The van der Waals surface area contributed by atoms with Crippen molar-refractivity contribution in [1.29, 1.82) is 0 Å². The highest BCUT2D eigenvalue weighted by atomic mass is 16.6. The van der Waals surface area contributed by atoms with E-state index in [-0.39, 0.29) is 28.3 Å². The van der Waals surface area contributed by atoms with Gasteiger partial charge in [-0.3, -0.25) is 4.79 Å². The minimum atomic E-state index is -0.168. The zero-order valence-corrected chi connectivity index (χ0v) is 14.6. The highest BCUT2D eigenvalue weighted by molar-refractivity contribution is 5.74. The van der Waals surface area contributed by atoms with E-state index in [9.17, 15) is 4.79 Å². The summed E-state index contributed by atoms with van der Waals surface area (Å²) < 4.78 is 6.04. The van der Waals surface area contributed by atoms with Crippen molar-refractivity contribution in [2.75, 3.05) is 0 Å². The molecule has 2 heteroatoms. The Labute approximate surface area is 125 Å². The number of esters is 1. The van der Waals surface area contributed by atoms with Crippen molar-refractivity contribution in [2.45, 2.75) is 92.6 Å². The predicted octanol–water partition coefficient (Wildman–Crippen LogP) is 5.35. The van der Waals surface area contributed by atoms with Gasteiger partial charge in [-0.2, -0.15) is 0 Å². The van der Waals surface area contributed by atoms with Crippen LogP contribution in [0.2, 0.25) is 0 Å². The van der Waals surface area contributed by atoms with Crippen LogP contribution in [0.1, 0.15) is 87.0 Å². The van der Waals surface area contributed by atoms with Gasteiger partial charge in [0.15, 0.2) is 0 Å². The minimum absolute atomic E-state index is 0.0217. The molecule has 0 bridgehead atoms. The molecule has 1 saturated carbocycles. The van der Waals surface area contributed by atoms with Crippen LogP contribution in [-0.4, -0.2) is 11.6 Å². The number of ether oxygens (including phenoxy) is 1. The minimum Gasteiger partial charge on any atom is -0.459 e. The summed E-state index contributed by atoms with van der Waals surface area (Å²) in [6, 6.07) is 0. The molecule has 0 amide bonds. The predicted molar refractivity (Wildman–Crippen MR) is 84.6 cm³/mol. The molecule has 0 N–H and O–H groups in total. The third kappa shape index (κ3) is 4.79. The lowest BCUT2D eigenvalue weighted by Gasteiger charge is -2.37. The van der Waals surface area contributed by atoms with Crippen LogP contribution in [0.4, 0.5) is 0 Å². The van der Waals surface area contributed by atoms with Crippen LogP contribution in [-0.2, 0) is 9.53 Å². The molecule has 0 spiro atoms. The van der Waals surface area contributed by atoms with Crippen molar-refractivity contribution in [3.8, 4) is 0 Å². The highest BCUT2D eigenvalue weighted by Gasteiger charge is 2.41. The number of rotatable bonds is 4. The van der Waals surface area contributed by atoms with Gasteiger partial charge >= 0.3 is 5.97 Å². The molecule has 0 saturated heterocycles. The van der Waals surface area contributed by atoms with E-state index in [2.05, 4.69) is 48.5 Å². The van der Waals surface area contributed by atoms with Crippen molar-refractivity contribution >= 4 is 5.97 Å². The van der Waals surface area contributed by atoms with Gasteiger partial charge in [-0.15, -0.1) is 0 Å². The lowest BCUT2D eigenvalue weighted by atomic mass is 9.72. The van der Waals surface area contributed by atoms with Gasteiger partial charge < -0.3 is 4.74 Å². The van der Waals surface area contributed by atoms with E-state index in [1.807, 2.05) is 0 Å². The maximum atomic E-state index is 12.8. The second kappa shape index (κ2) is 6.07. The fraction of sp³-hybridized carbons (Fsp3) is 0.944. The normalized spacial score (nSPS) is 20.8. The molecule has 1 aliphatic carbocycles. The Hall–Kier alpha value is -0.530. The molecule has 0 aromatic heterocycles. The third-order valence-corrected chi connectivity index (χ3v) is 4.62. The van der Waals surface area contributed by atoms with Crippen molar-refractivity contribution in [3.05, 3.63) is 0 Å². The molecule has 0 aromatic carbocycles. The van der Waals surface area contributed by atoms with Gasteiger partial charge in [0.1, 0.15) is 5.60 Å². The number of carbonyl (C=O) groups excluding carboxylic acids is 1. The standard InChI is InChI=1S/C18H34O2/c1-8-18(11-9-10-12-18)20-15(19)14(17(5,6)7)13-16(2,3)4/h14H,8-13H2,1-7H3/t14-/m1/s1. The average molecular weight is 282 g/mol. The molecule has 0 unspecified atom stereocenters. The summed E-state index contributed by atoms with van der Waals surface area (Å²) in [5.41, 5.74) is -0.0671. The molecule has 1 atom stereocenters. The van der Waals surface area contributed by atoms with Crippen molar-refractivity contribution in [3.63, 3.8) is 0 Å². The van der Waals surface area contributed by atoms with Gasteiger partial charge in [-0.1, -0.05) is 48.5 Å². The summed E-state index contributed by atoms with van der Waals surface area (Å²) in [5.74, 6) is 0.00250. The smallest absolute Gasteiger partial charge is 0.310 e. The van der Waals surface area contributed by atoms with Crippen molar-refractivity contribution in [1.82, 2.24) is 0 Å². The van der Waals surface area contributed by atoms with Crippen LogP contribution in [0.5, 0.6) is 0 Å². The molecule has 0 aromatic rings. The molecular formula is C18H34O2. The Morgan fingerprint density at radius 3 is 1.95 bits per heavy atom. The molecule has 0 heterocycles. The first-order chi connectivity index (χ1) is 8.99. The van der Waals surface area contributed by atoms with Gasteiger partial charge in [-0.05, 0) is 49.4 Å². The van der Waals surface area contributed by atoms with Crippen LogP contribution in [0.25, 0.3) is 0 Å². The van der Waals surface area contributed by atoms with Crippen LogP contribution >= 0.6 is 0 Å². The molecular weight excluding hydrogens is 248 g/mol. The Kier molecular flexibility index (Phi) is 5.32. The van der Waals surface area contributed by atoms with E-state index in [0.717, 1.165) is 25.7 Å². The zero-order chi connectivity index (χ0) is 15.6. The largest absolute Gasteiger partial charge is 0.459 e. The Morgan fingerprint density at radius 2 is 1.60 bits per heavy atom. The highest BCUT2D eigenvalue weighted by Crippen LogP contribution is 2.41. The molecule has 0 aliphatic heterocycles. The first-order valence-electron chi connectivity index (χ1n) is 8.22. The average Bonchev–Trinajstić information content (AvgIpc) is 2.72. The summed E-state index contributed by atoms with van der Waals surface area (Å²) in [6.07, 6.45) is 6.31. The lowest BCUT2D eigenvalue weighted by Crippen LogP contribution is -2.39. The van der Waals surface area contributed by atoms with Gasteiger partial charge in [0, 0.05) is 0 Å². The van der Waals surface area contributed by atoms with Crippen LogP contribution < -0.4 is 0 Å². The summed E-state index contributed by atoms with van der Waals surface area (Å²) in [5, 5.41) is 0. The van der Waals surface area contributed by atoms with E-state index in [1.165, 1.54) is 12.8 Å². The maximum Gasteiger partial charge on any atom is 0.310 e. The quantitative estimate of drug-likeness (QED) is 0.650. The number of hydrogen-bond acceptors (Lipinski definition) is 2. The number of hydrogen-bond donors (Lipinski definition) is 0. The lowest BCUT2D eigenvalue weighted by molar-refractivity contribution is -0.170. The van der Waals surface area contributed by atoms with Crippen LogP contribution in [0.3, 0.4) is 0 Å². The van der Waals surface area contributed by atoms with E-state index < -0.39 is 0 Å². The molecule has 1 aliphatic rings. The fourth-order valence-corrected chi connectivity index (χ4v) is 3.19. The van der Waals surface area contributed by atoms with Gasteiger partial charge in [-0.25, -0.2) is 0 Å². The monoisotopic (exact) mass is 282 g/mol. The maximum absolute atomic E-state index is 12.8. The van der Waals surface area contributed by atoms with Gasteiger partial charge in [0.2, 0.25) is 0 Å². The van der Waals surface area contributed by atoms with E-state index >= 15 is 0 Å². The number of carbonyl (C=O) groups is 1. The second-order valence-electron chi connectivity index (χ2n) is 8.85. The van der Waals surface area contributed by atoms with E-state index in [0.29, 0.717) is 0 Å². The second-order valence-corrected chi connectivity index (χ2v) is 8.85. The van der Waals surface area contributed by atoms with E-state index in [4.69, 9.17) is 4.74 Å². The Balaban J connectivity index is 2.83. The molecule has 2 nitrogen and oxygen atoms in total. The zero-order valence-electron chi connectivity index (χ0n) is 14.6. The Bertz CT molecular complexity index is 324. The fourth-order valence-electron chi connectivity index (χ4n) is 3.19.